The van der Waals surface area contributed by atoms with Crippen LogP contribution in [0.2, 0.25) is 0 Å². The number of rotatable bonds is 8. The lowest BCUT2D eigenvalue weighted by Gasteiger charge is -2.27. The molecule has 6 heteroatoms. The van der Waals surface area contributed by atoms with Gasteiger partial charge in [-0.15, -0.1) is 0 Å². The van der Waals surface area contributed by atoms with Gasteiger partial charge in [0.2, 0.25) is 5.88 Å². The highest BCUT2D eigenvalue weighted by atomic mass is 19.1. The molecule has 0 fully saturated rings. The van der Waals surface area contributed by atoms with Crippen LogP contribution in [0.4, 0.5) is 15.8 Å². The maximum atomic E-state index is 14.3. The summed E-state index contributed by atoms with van der Waals surface area (Å²) in [6, 6.07) is 17.6. The number of nitrogens with zero attached hydrogens (tertiary/aromatic N) is 3. The first-order chi connectivity index (χ1) is 14.9. The van der Waals surface area contributed by atoms with Crippen LogP contribution in [-0.4, -0.2) is 31.6 Å². The van der Waals surface area contributed by atoms with Crippen molar-refractivity contribution in [3.63, 3.8) is 0 Å². The average molecular weight is 422 g/mol. The first kappa shape index (κ1) is 22.3. The van der Waals surface area contributed by atoms with Crippen LogP contribution in [0.1, 0.15) is 29.8 Å². The van der Waals surface area contributed by atoms with E-state index in [2.05, 4.69) is 9.88 Å². The van der Waals surface area contributed by atoms with E-state index >= 15 is 0 Å². The van der Waals surface area contributed by atoms with Gasteiger partial charge in [-0.3, -0.25) is 4.79 Å². The minimum atomic E-state index is -0.512. The maximum Gasteiger partial charge on any atom is 0.261 e. The van der Waals surface area contributed by atoms with Gasteiger partial charge in [0.05, 0.1) is 12.7 Å². The molecular formula is C25H28FN3O2. The SMILES string of the molecule is COc1ccc(CN(C)c2cccc(N(CC(C)C)C(=O)c3ccccc3F)c2)cn1. The summed E-state index contributed by atoms with van der Waals surface area (Å²) in [4.78, 5) is 21.2. The van der Waals surface area contributed by atoms with Crippen LogP contribution in [0.25, 0.3) is 0 Å². The molecule has 0 saturated carbocycles. The number of ether oxygens (including phenoxy) is 1. The molecule has 0 unspecified atom stereocenters. The van der Waals surface area contributed by atoms with Crippen LogP contribution in [-0.2, 0) is 6.54 Å². The Morgan fingerprint density at radius 3 is 2.45 bits per heavy atom. The molecule has 5 nitrogen and oxygen atoms in total. The van der Waals surface area contributed by atoms with E-state index in [-0.39, 0.29) is 17.4 Å². The largest absolute Gasteiger partial charge is 0.481 e. The zero-order chi connectivity index (χ0) is 22.4. The van der Waals surface area contributed by atoms with E-state index < -0.39 is 5.82 Å². The fraction of sp³-hybridized carbons (Fsp3) is 0.280. The summed E-state index contributed by atoms with van der Waals surface area (Å²) in [5, 5.41) is 0. The Balaban J connectivity index is 1.86. The minimum absolute atomic E-state index is 0.0752. The zero-order valence-corrected chi connectivity index (χ0v) is 18.4. The normalized spacial score (nSPS) is 10.8. The van der Waals surface area contributed by atoms with Crippen molar-refractivity contribution in [2.24, 2.45) is 5.92 Å². The number of carbonyl (C=O) groups is 1. The molecule has 31 heavy (non-hydrogen) atoms. The van der Waals surface area contributed by atoms with Crippen LogP contribution in [0.5, 0.6) is 5.88 Å². The smallest absolute Gasteiger partial charge is 0.261 e. The van der Waals surface area contributed by atoms with E-state index in [1.54, 1.807) is 30.3 Å². The molecule has 0 aliphatic rings. The molecule has 1 aromatic heterocycles. The summed E-state index contributed by atoms with van der Waals surface area (Å²) in [7, 11) is 3.57. The molecule has 162 valence electrons. The summed E-state index contributed by atoms with van der Waals surface area (Å²) < 4.78 is 19.4. The van der Waals surface area contributed by atoms with E-state index in [0.29, 0.717) is 19.0 Å². The number of carbonyl (C=O) groups excluding carboxylic acids is 1. The Hall–Kier alpha value is -3.41. The van der Waals surface area contributed by atoms with Crippen molar-refractivity contribution in [3.05, 3.63) is 83.8 Å². The monoisotopic (exact) mass is 421 g/mol. The van der Waals surface area contributed by atoms with Crippen molar-refractivity contribution in [3.8, 4) is 5.88 Å². The Kier molecular flexibility index (Phi) is 7.23. The van der Waals surface area contributed by atoms with Crippen LogP contribution < -0.4 is 14.5 Å². The molecule has 1 heterocycles. The van der Waals surface area contributed by atoms with Crippen LogP contribution in [0.15, 0.2) is 66.9 Å². The number of halogens is 1. The lowest BCUT2D eigenvalue weighted by Crippen LogP contribution is -2.35. The second-order valence-corrected chi connectivity index (χ2v) is 7.87. The van der Waals surface area contributed by atoms with E-state index in [9.17, 15) is 9.18 Å². The van der Waals surface area contributed by atoms with Crippen LogP contribution in [0, 0.1) is 11.7 Å². The molecular weight excluding hydrogens is 393 g/mol. The molecule has 0 atom stereocenters. The van der Waals surface area contributed by atoms with E-state index in [1.807, 2.05) is 57.3 Å². The number of pyridine rings is 1. The molecule has 0 N–H and O–H groups in total. The molecule has 0 saturated heterocycles. The van der Waals surface area contributed by atoms with Gasteiger partial charge < -0.3 is 14.5 Å². The maximum absolute atomic E-state index is 14.3. The summed E-state index contributed by atoms with van der Waals surface area (Å²) >= 11 is 0. The highest BCUT2D eigenvalue weighted by Crippen LogP contribution is 2.26. The fourth-order valence-corrected chi connectivity index (χ4v) is 3.34. The van der Waals surface area contributed by atoms with Crippen molar-refractivity contribution in [1.29, 1.82) is 0 Å². The van der Waals surface area contributed by atoms with Crippen molar-refractivity contribution in [2.45, 2.75) is 20.4 Å². The van der Waals surface area contributed by atoms with E-state index in [4.69, 9.17) is 4.74 Å². The van der Waals surface area contributed by atoms with Gasteiger partial charge in [-0.1, -0.05) is 38.1 Å². The van der Waals surface area contributed by atoms with Crippen molar-refractivity contribution < 1.29 is 13.9 Å². The first-order valence-corrected chi connectivity index (χ1v) is 10.3. The Morgan fingerprint density at radius 1 is 1.06 bits per heavy atom. The van der Waals surface area contributed by atoms with Crippen LogP contribution in [0.3, 0.4) is 0 Å². The third kappa shape index (κ3) is 5.60. The molecule has 3 aromatic rings. The van der Waals surface area contributed by atoms with Crippen molar-refractivity contribution >= 4 is 17.3 Å². The first-order valence-electron chi connectivity index (χ1n) is 10.3. The molecule has 2 aromatic carbocycles. The molecule has 3 rings (SSSR count). The highest BCUT2D eigenvalue weighted by molar-refractivity contribution is 6.06. The number of aromatic nitrogens is 1. The molecule has 0 aliphatic heterocycles. The molecule has 0 bridgehead atoms. The molecule has 1 amide bonds. The lowest BCUT2D eigenvalue weighted by molar-refractivity contribution is 0.0980. The summed E-state index contributed by atoms with van der Waals surface area (Å²) in [6.45, 7) is 5.21. The van der Waals surface area contributed by atoms with E-state index in [0.717, 1.165) is 16.9 Å². The van der Waals surface area contributed by atoms with E-state index in [1.165, 1.54) is 12.1 Å². The summed E-state index contributed by atoms with van der Waals surface area (Å²) in [5.41, 5.74) is 2.80. The quantitative estimate of drug-likeness (QED) is 0.503. The number of hydrogen-bond donors (Lipinski definition) is 0. The summed E-state index contributed by atoms with van der Waals surface area (Å²) in [6.07, 6.45) is 1.78. The predicted octanol–water partition coefficient (Wildman–Crippen LogP) is 5.17. The third-order valence-corrected chi connectivity index (χ3v) is 4.91. The third-order valence-electron chi connectivity index (χ3n) is 4.91. The number of amides is 1. The second kappa shape index (κ2) is 10.1. The molecule has 0 aliphatic carbocycles. The number of hydrogen-bond acceptors (Lipinski definition) is 4. The van der Waals surface area contributed by atoms with Gasteiger partial charge in [-0.05, 0) is 41.8 Å². The van der Waals surface area contributed by atoms with Crippen molar-refractivity contribution in [1.82, 2.24) is 4.98 Å². The van der Waals surface area contributed by atoms with Gasteiger partial charge in [0.15, 0.2) is 0 Å². The van der Waals surface area contributed by atoms with Gasteiger partial charge in [0.1, 0.15) is 5.82 Å². The van der Waals surface area contributed by atoms with Gasteiger partial charge in [0, 0.05) is 43.8 Å². The summed E-state index contributed by atoms with van der Waals surface area (Å²) in [5.74, 6) is -0.0561. The second-order valence-electron chi connectivity index (χ2n) is 7.87. The standard InChI is InChI=1S/C25H28FN3O2/c1-18(2)16-29(25(30)22-10-5-6-11-23(22)26)21-9-7-8-20(14-21)28(3)17-19-12-13-24(31-4)27-15-19/h5-15,18H,16-17H2,1-4H3. The average Bonchev–Trinajstić information content (AvgIpc) is 2.78. The Morgan fingerprint density at radius 2 is 1.81 bits per heavy atom. The Labute approximate surface area is 183 Å². The van der Waals surface area contributed by atoms with Gasteiger partial charge >= 0.3 is 0 Å². The highest BCUT2D eigenvalue weighted by Gasteiger charge is 2.22. The minimum Gasteiger partial charge on any atom is -0.481 e. The van der Waals surface area contributed by atoms with Gasteiger partial charge in [-0.25, -0.2) is 9.37 Å². The Bertz CT molecular complexity index is 1020. The lowest BCUT2D eigenvalue weighted by atomic mass is 10.1. The van der Waals surface area contributed by atoms with Gasteiger partial charge in [-0.2, -0.15) is 0 Å². The molecule has 0 spiro atoms. The van der Waals surface area contributed by atoms with Crippen molar-refractivity contribution in [2.75, 3.05) is 30.5 Å². The number of methoxy groups -OCH3 is 1. The number of anilines is 2. The zero-order valence-electron chi connectivity index (χ0n) is 18.4. The topological polar surface area (TPSA) is 45.7 Å². The van der Waals surface area contributed by atoms with Gasteiger partial charge in [0.25, 0.3) is 5.91 Å². The number of benzene rings is 2. The predicted molar refractivity (Wildman–Crippen MR) is 122 cm³/mol. The molecule has 0 radical (unpaired) electrons. The van der Waals surface area contributed by atoms with Crippen LogP contribution >= 0.6 is 0 Å². The fourth-order valence-electron chi connectivity index (χ4n) is 3.34.